The van der Waals surface area contributed by atoms with Gasteiger partial charge >= 0.3 is 5.69 Å². The Hall–Kier alpha value is -3.32. The van der Waals surface area contributed by atoms with Crippen LogP contribution in [0.15, 0.2) is 75.2 Å². The zero-order valence-corrected chi connectivity index (χ0v) is 17.6. The number of imidazole rings is 1. The Morgan fingerprint density at radius 2 is 1.63 bits per heavy atom. The number of carbonyl (C=O) groups is 1. The van der Waals surface area contributed by atoms with Gasteiger partial charge in [-0.15, -0.1) is 0 Å². The molecule has 0 aliphatic heterocycles. The standard InChI is InChI=1S/C23H20FN3O2S/c1-14-7-9-17(10-8-14)30-21-13-20-19(26(2)23(29)27(20)3)12-18(21)25-22(28)15-5-4-6-16(24)11-15/h4-13H,1-3H3,(H,25,28). The summed E-state index contributed by atoms with van der Waals surface area (Å²) in [5, 5.41) is 2.88. The molecule has 0 spiro atoms. The summed E-state index contributed by atoms with van der Waals surface area (Å²) in [4.78, 5) is 26.9. The maximum Gasteiger partial charge on any atom is 0.328 e. The number of benzene rings is 3. The fraction of sp³-hybridized carbons (Fsp3) is 0.130. The molecule has 1 N–H and O–H groups in total. The first-order valence-electron chi connectivity index (χ1n) is 9.34. The maximum atomic E-state index is 13.5. The molecule has 0 aliphatic carbocycles. The summed E-state index contributed by atoms with van der Waals surface area (Å²) in [6, 6.07) is 17.3. The first-order chi connectivity index (χ1) is 14.3. The van der Waals surface area contributed by atoms with Crippen LogP contribution in [-0.4, -0.2) is 15.0 Å². The quantitative estimate of drug-likeness (QED) is 0.518. The van der Waals surface area contributed by atoms with E-state index in [2.05, 4.69) is 5.32 Å². The van der Waals surface area contributed by atoms with Crippen molar-refractivity contribution in [3.05, 3.63) is 88.1 Å². The summed E-state index contributed by atoms with van der Waals surface area (Å²) in [5.41, 5.74) is 3.25. The van der Waals surface area contributed by atoms with E-state index in [0.29, 0.717) is 11.2 Å². The third kappa shape index (κ3) is 3.76. The summed E-state index contributed by atoms with van der Waals surface area (Å²) in [5.74, 6) is -0.890. The molecule has 0 saturated heterocycles. The Balaban J connectivity index is 1.80. The fourth-order valence-corrected chi connectivity index (χ4v) is 4.18. The van der Waals surface area contributed by atoms with Crippen LogP contribution in [0.1, 0.15) is 15.9 Å². The Bertz CT molecular complexity index is 1320. The molecule has 0 saturated carbocycles. The highest BCUT2D eigenvalue weighted by Gasteiger charge is 2.16. The molecule has 0 fully saturated rings. The van der Waals surface area contributed by atoms with Crippen LogP contribution in [0.2, 0.25) is 0 Å². The van der Waals surface area contributed by atoms with Gasteiger partial charge in [-0.2, -0.15) is 0 Å². The number of hydrogen-bond donors (Lipinski definition) is 1. The van der Waals surface area contributed by atoms with Gasteiger partial charge in [-0.05, 0) is 49.4 Å². The summed E-state index contributed by atoms with van der Waals surface area (Å²) in [6.45, 7) is 2.02. The normalized spacial score (nSPS) is 11.1. The molecular formula is C23H20FN3O2S. The number of aromatic nitrogens is 2. The smallest absolute Gasteiger partial charge is 0.321 e. The van der Waals surface area contributed by atoms with E-state index in [1.807, 2.05) is 37.3 Å². The van der Waals surface area contributed by atoms with Crippen LogP contribution in [0.5, 0.6) is 0 Å². The number of amides is 1. The van der Waals surface area contributed by atoms with Crippen molar-refractivity contribution in [3.63, 3.8) is 0 Å². The van der Waals surface area contributed by atoms with Gasteiger partial charge < -0.3 is 5.32 Å². The molecule has 152 valence electrons. The zero-order valence-electron chi connectivity index (χ0n) is 16.8. The molecule has 1 aromatic heterocycles. The fourth-order valence-electron chi connectivity index (χ4n) is 3.27. The second kappa shape index (κ2) is 7.84. The van der Waals surface area contributed by atoms with Crippen LogP contribution in [0.4, 0.5) is 10.1 Å². The van der Waals surface area contributed by atoms with Crippen molar-refractivity contribution in [1.82, 2.24) is 9.13 Å². The Labute approximate surface area is 177 Å². The lowest BCUT2D eigenvalue weighted by Gasteiger charge is -2.13. The van der Waals surface area contributed by atoms with Crippen molar-refractivity contribution in [3.8, 4) is 0 Å². The molecule has 1 amide bonds. The Morgan fingerprint density at radius 1 is 0.967 bits per heavy atom. The topological polar surface area (TPSA) is 56.0 Å². The van der Waals surface area contributed by atoms with Gasteiger partial charge in [0.05, 0.1) is 16.7 Å². The first kappa shape index (κ1) is 20.0. The van der Waals surface area contributed by atoms with Crippen LogP contribution in [-0.2, 0) is 14.1 Å². The summed E-state index contributed by atoms with van der Waals surface area (Å²) in [7, 11) is 3.41. The van der Waals surface area contributed by atoms with Crippen LogP contribution in [0, 0.1) is 12.7 Å². The van der Waals surface area contributed by atoms with Crippen molar-refractivity contribution >= 4 is 34.4 Å². The number of hydrogen-bond acceptors (Lipinski definition) is 3. The average Bonchev–Trinajstić information content (AvgIpc) is 2.93. The lowest BCUT2D eigenvalue weighted by atomic mass is 10.2. The van der Waals surface area contributed by atoms with Gasteiger partial charge in [-0.25, -0.2) is 9.18 Å². The highest BCUT2D eigenvalue weighted by Crippen LogP contribution is 2.36. The van der Waals surface area contributed by atoms with E-state index >= 15 is 0 Å². The van der Waals surface area contributed by atoms with Gasteiger partial charge in [0.1, 0.15) is 5.82 Å². The zero-order chi connectivity index (χ0) is 21.4. The molecule has 5 nitrogen and oxygen atoms in total. The van der Waals surface area contributed by atoms with Gasteiger partial charge in [0, 0.05) is 29.4 Å². The van der Waals surface area contributed by atoms with Gasteiger partial charge in [-0.3, -0.25) is 13.9 Å². The molecule has 0 aliphatic rings. The molecule has 0 bridgehead atoms. The van der Waals surface area contributed by atoms with Crippen molar-refractivity contribution in [2.45, 2.75) is 16.7 Å². The van der Waals surface area contributed by atoms with Crippen molar-refractivity contribution in [2.24, 2.45) is 14.1 Å². The van der Waals surface area contributed by atoms with E-state index in [-0.39, 0.29) is 11.3 Å². The van der Waals surface area contributed by atoms with Crippen LogP contribution in [0.25, 0.3) is 11.0 Å². The molecule has 1 heterocycles. The first-order valence-corrected chi connectivity index (χ1v) is 10.2. The molecule has 7 heteroatoms. The highest BCUT2D eigenvalue weighted by atomic mass is 32.2. The van der Waals surface area contributed by atoms with Crippen LogP contribution in [0.3, 0.4) is 0 Å². The van der Waals surface area contributed by atoms with E-state index in [1.54, 1.807) is 30.8 Å². The van der Waals surface area contributed by atoms with E-state index in [4.69, 9.17) is 0 Å². The number of aryl methyl sites for hydroxylation is 3. The lowest BCUT2D eigenvalue weighted by Crippen LogP contribution is -2.19. The Kier molecular flexibility index (Phi) is 5.22. The predicted octanol–water partition coefficient (Wildman–Crippen LogP) is 4.73. The lowest BCUT2D eigenvalue weighted by molar-refractivity contribution is 0.102. The number of nitrogens with one attached hydrogen (secondary N) is 1. The van der Waals surface area contributed by atoms with Crippen molar-refractivity contribution in [2.75, 3.05) is 5.32 Å². The van der Waals surface area contributed by atoms with E-state index in [0.717, 1.165) is 20.9 Å². The minimum atomic E-state index is -0.474. The SMILES string of the molecule is Cc1ccc(Sc2cc3c(cc2NC(=O)c2cccc(F)c2)n(C)c(=O)n3C)cc1. The molecule has 0 atom stereocenters. The van der Waals surface area contributed by atoms with Gasteiger partial charge in [0.2, 0.25) is 0 Å². The molecule has 4 aromatic rings. The Morgan fingerprint density at radius 3 is 2.30 bits per heavy atom. The number of nitrogens with zero attached hydrogens (tertiary/aromatic N) is 2. The second-order valence-electron chi connectivity index (χ2n) is 7.12. The largest absolute Gasteiger partial charge is 0.328 e. The number of halogens is 1. The van der Waals surface area contributed by atoms with Crippen molar-refractivity contribution < 1.29 is 9.18 Å². The van der Waals surface area contributed by atoms with E-state index < -0.39 is 11.7 Å². The number of anilines is 1. The number of rotatable bonds is 4. The third-order valence-electron chi connectivity index (χ3n) is 4.96. The monoisotopic (exact) mass is 421 g/mol. The van der Waals surface area contributed by atoms with Gasteiger partial charge in [-0.1, -0.05) is 35.5 Å². The molecule has 30 heavy (non-hydrogen) atoms. The minimum absolute atomic E-state index is 0.148. The number of fused-ring (bicyclic) bond motifs is 1. The minimum Gasteiger partial charge on any atom is -0.321 e. The third-order valence-corrected chi connectivity index (χ3v) is 6.02. The molecule has 3 aromatic carbocycles. The molecule has 4 rings (SSSR count). The average molecular weight is 421 g/mol. The predicted molar refractivity (Wildman–Crippen MR) is 118 cm³/mol. The maximum absolute atomic E-state index is 13.5. The van der Waals surface area contributed by atoms with E-state index in [1.165, 1.54) is 34.5 Å². The number of carbonyl (C=O) groups excluding carboxylic acids is 1. The molecular weight excluding hydrogens is 401 g/mol. The van der Waals surface area contributed by atoms with Gasteiger partial charge in [0.15, 0.2) is 0 Å². The van der Waals surface area contributed by atoms with Gasteiger partial charge in [0.25, 0.3) is 5.91 Å². The molecule has 0 radical (unpaired) electrons. The second-order valence-corrected chi connectivity index (χ2v) is 8.23. The van der Waals surface area contributed by atoms with Crippen LogP contribution < -0.4 is 11.0 Å². The molecule has 0 unspecified atom stereocenters. The van der Waals surface area contributed by atoms with E-state index in [9.17, 15) is 14.0 Å². The highest BCUT2D eigenvalue weighted by molar-refractivity contribution is 7.99. The summed E-state index contributed by atoms with van der Waals surface area (Å²) in [6.07, 6.45) is 0. The summed E-state index contributed by atoms with van der Waals surface area (Å²) >= 11 is 1.49. The van der Waals surface area contributed by atoms with Crippen LogP contribution >= 0.6 is 11.8 Å². The summed E-state index contributed by atoms with van der Waals surface area (Å²) < 4.78 is 16.7. The van der Waals surface area contributed by atoms with Crippen molar-refractivity contribution in [1.29, 1.82) is 0 Å².